The first-order valence-electron chi connectivity index (χ1n) is 29.0. The molecule has 0 bridgehead atoms. The fourth-order valence-corrected chi connectivity index (χ4v) is 8.59. The number of carbonyl (C=O) groups is 3. The van der Waals surface area contributed by atoms with Gasteiger partial charge in [0.25, 0.3) is 0 Å². The van der Waals surface area contributed by atoms with Crippen LogP contribution < -0.4 is 0 Å². The largest absolute Gasteiger partial charge is 0.462 e. The number of esters is 3. The minimum absolute atomic E-state index is 0.0827. The molecule has 0 aliphatic heterocycles. The number of unbranched alkanes of at least 4 members (excludes halogenated alkanes) is 36. The maximum Gasteiger partial charge on any atom is 0.306 e. The van der Waals surface area contributed by atoms with Gasteiger partial charge in [0.15, 0.2) is 6.10 Å². The molecule has 0 saturated heterocycles. The summed E-state index contributed by atoms with van der Waals surface area (Å²) in [6.45, 7) is 6.53. The van der Waals surface area contributed by atoms with Gasteiger partial charge in [0.1, 0.15) is 13.2 Å². The van der Waals surface area contributed by atoms with Gasteiger partial charge in [0.2, 0.25) is 0 Å². The summed E-state index contributed by atoms with van der Waals surface area (Å²) in [5.41, 5.74) is 0. The Hall–Kier alpha value is -2.37. The lowest BCUT2D eigenvalue weighted by Crippen LogP contribution is -2.30. The molecule has 386 valence electrons. The van der Waals surface area contributed by atoms with Crippen LogP contribution in [0.25, 0.3) is 0 Å². The predicted octanol–water partition coefficient (Wildman–Crippen LogP) is 19.3. The molecule has 6 heteroatoms. The molecule has 0 aromatic rings. The number of ether oxygens (including phenoxy) is 3. The van der Waals surface area contributed by atoms with E-state index in [-0.39, 0.29) is 31.1 Å². The molecule has 0 aliphatic carbocycles. The number of carbonyl (C=O) groups excluding carboxylic acids is 3. The minimum Gasteiger partial charge on any atom is -0.462 e. The number of rotatable bonds is 53. The highest BCUT2D eigenvalue weighted by molar-refractivity contribution is 5.71. The molecule has 0 N–H and O–H groups in total. The second-order valence-electron chi connectivity index (χ2n) is 19.5. The number of hydrogen-bond donors (Lipinski definition) is 0. The van der Waals surface area contributed by atoms with Gasteiger partial charge in [-0.1, -0.05) is 282 Å². The van der Waals surface area contributed by atoms with Crippen molar-refractivity contribution in [1.29, 1.82) is 0 Å². The van der Waals surface area contributed by atoms with Crippen molar-refractivity contribution in [3.05, 3.63) is 36.5 Å². The van der Waals surface area contributed by atoms with E-state index in [1.54, 1.807) is 0 Å². The first-order valence-corrected chi connectivity index (χ1v) is 29.0. The minimum atomic E-state index is -0.787. The summed E-state index contributed by atoms with van der Waals surface area (Å²) < 4.78 is 16.8. The molecule has 6 nitrogen and oxygen atoms in total. The number of allylic oxidation sites excluding steroid dienone is 6. The Labute approximate surface area is 410 Å². The monoisotopic (exact) mass is 927 g/mol. The van der Waals surface area contributed by atoms with Gasteiger partial charge in [-0.25, -0.2) is 0 Å². The van der Waals surface area contributed by atoms with E-state index in [2.05, 4.69) is 57.2 Å². The summed E-state index contributed by atoms with van der Waals surface area (Å²) in [5.74, 6) is -0.921. The van der Waals surface area contributed by atoms with Gasteiger partial charge in [0.05, 0.1) is 0 Å². The summed E-state index contributed by atoms with van der Waals surface area (Å²) in [6, 6.07) is 0. The van der Waals surface area contributed by atoms with Crippen molar-refractivity contribution < 1.29 is 28.6 Å². The molecule has 0 aliphatic rings. The van der Waals surface area contributed by atoms with E-state index >= 15 is 0 Å². The fraction of sp³-hybridized carbons (Fsp3) is 0.850. The Morgan fingerprint density at radius 1 is 0.318 bits per heavy atom. The van der Waals surface area contributed by atoms with Crippen LogP contribution in [0.5, 0.6) is 0 Å². The smallest absolute Gasteiger partial charge is 0.306 e. The summed E-state index contributed by atoms with van der Waals surface area (Å²) in [7, 11) is 0. The highest BCUT2D eigenvalue weighted by atomic mass is 16.6. The normalized spacial score (nSPS) is 12.2. The van der Waals surface area contributed by atoms with Crippen LogP contribution >= 0.6 is 0 Å². The molecule has 0 saturated carbocycles. The highest BCUT2D eigenvalue weighted by Crippen LogP contribution is 2.17. The van der Waals surface area contributed by atoms with E-state index in [0.717, 1.165) is 64.2 Å². The zero-order chi connectivity index (χ0) is 47.9. The maximum absolute atomic E-state index is 12.8. The van der Waals surface area contributed by atoms with Gasteiger partial charge in [0, 0.05) is 19.3 Å². The van der Waals surface area contributed by atoms with E-state index in [9.17, 15) is 14.4 Å². The van der Waals surface area contributed by atoms with Gasteiger partial charge >= 0.3 is 17.9 Å². The van der Waals surface area contributed by atoms with E-state index < -0.39 is 6.10 Å². The molecule has 0 amide bonds. The van der Waals surface area contributed by atoms with E-state index in [0.29, 0.717) is 25.7 Å². The van der Waals surface area contributed by atoms with Gasteiger partial charge in [-0.05, 0) is 44.9 Å². The average Bonchev–Trinajstić information content (AvgIpc) is 3.31. The van der Waals surface area contributed by atoms with Crippen LogP contribution in [-0.2, 0) is 28.6 Å². The SMILES string of the molecule is CC/C=C\C/C=C\C/C=C\CCCC(=O)OCC(COC(=O)CCCCCCCCCCCCCCCCCCCCC)OC(=O)CCCCCCCCCCCCCCCCCCCC. The van der Waals surface area contributed by atoms with E-state index in [1.165, 1.54) is 199 Å². The molecule has 0 aromatic carbocycles. The Kier molecular flexibility index (Phi) is 53.2. The van der Waals surface area contributed by atoms with Gasteiger partial charge in [-0.15, -0.1) is 0 Å². The third kappa shape index (κ3) is 52.6. The predicted molar refractivity (Wildman–Crippen MR) is 284 cm³/mol. The molecule has 0 fully saturated rings. The highest BCUT2D eigenvalue weighted by Gasteiger charge is 2.19. The quantitative estimate of drug-likeness (QED) is 0.0262. The molecule has 1 atom stereocenters. The summed E-state index contributed by atoms with van der Waals surface area (Å²) >= 11 is 0. The second kappa shape index (κ2) is 55.2. The summed E-state index contributed by atoms with van der Waals surface area (Å²) in [6.07, 6.45) is 65.9. The second-order valence-corrected chi connectivity index (χ2v) is 19.5. The zero-order valence-electron chi connectivity index (χ0n) is 44.2. The molecule has 0 heterocycles. The molecule has 0 aromatic heterocycles. The van der Waals surface area contributed by atoms with Gasteiger partial charge in [-0.3, -0.25) is 14.4 Å². The first-order chi connectivity index (χ1) is 32.5. The molecular weight excluding hydrogens is 817 g/mol. The standard InChI is InChI=1S/C60H110O6/c1-4-7-10-13-16-19-22-24-26-28-30-32-33-35-38-41-44-47-50-53-59(62)65-56-57(55-64-58(61)52-49-46-43-40-37-21-18-15-12-9-6-3)66-60(63)54-51-48-45-42-39-36-34-31-29-27-25-23-20-17-14-11-8-5-2/h9,12,18,21,40,43,57H,4-8,10-11,13-17,19-20,22-39,41-42,44-56H2,1-3H3/b12-9-,21-18-,43-40-. The van der Waals surface area contributed by atoms with Gasteiger partial charge in [-0.2, -0.15) is 0 Å². The van der Waals surface area contributed by atoms with Crippen LogP contribution in [-0.4, -0.2) is 37.2 Å². The lowest BCUT2D eigenvalue weighted by Gasteiger charge is -2.18. The fourth-order valence-electron chi connectivity index (χ4n) is 8.59. The maximum atomic E-state index is 12.8. The molecule has 0 radical (unpaired) electrons. The summed E-state index contributed by atoms with van der Waals surface area (Å²) in [4.78, 5) is 38.1. The van der Waals surface area contributed by atoms with Crippen molar-refractivity contribution in [2.75, 3.05) is 13.2 Å². The van der Waals surface area contributed by atoms with E-state index in [1.807, 2.05) is 0 Å². The molecule has 1 unspecified atom stereocenters. The lowest BCUT2D eigenvalue weighted by atomic mass is 10.0. The van der Waals surface area contributed by atoms with Crippen LogP contribution in [0.4, 0.5) is 0 Å². The van der Waals surface area contributed by atoms with Crippen molar-refractivity contribution in [2.24, 2.45) is 0 Å². The van der Waals surface area contributed by atoms with Gasteiger partial charge < -0.3 is 14.2 Å². The average molecular weight is 928 g/mol. The zero-order valence-corrected chi connectivity index (χ0v) is 44.2. The van der Waals surface area contributed by atoms with Crippen LogP contribution in [0.1, 0.15) is 310 Å². The first kappa shape index (κ1) is 63.6. The van der Waals surface area contributed by atoms with Crippen molar-refractivity contribution in [3.8, 4) is 0 Å². The lowest BCUT2D eigenvalue weighted by molar-refractivity contribution is -0.167. The Balaban J connectivity index is 4.29. The van der Waals surface area contributed by atoms with Crippen LogP contribution in [0, 0.1) is 0 Å². The third-order valence-corrected chi connectivity index (χ3v) is 12.9. The topological polar surface area (TPSA) is 78.9 Å². The molecule has 66 heavy (non-hydrogen) atoms. The third-order valence-electron chi connectivity index (χ3n) is 12.9. The van der Waals surface area contributed by atoms with E-state index in [4.69, 9.17) is 14.2 Å². The molecule has 0 rings (SSSR count). The summed E-state index contributed by atoms with van der Waals surface area (Å²) in [5, 5.41) is 0. The van der Waals surface area contributed by atoms with Crippen molar-refractivity contribution in [2.45, 2.75) is 316 Å². The van der Waals surface area contributed by atoms with Crippen LogP contribution in [0.15, 0.2) is 36.5 Å². The Morgan fingerprint density at radius 2 is 0.591 bits per heavy atom. The van der Waals surface area contributed by atoms with Crippen molar-refractivity contribution in [3.63, 3.8) is 0 Å². The number of hydrogen-bond acceptors (Lipinski definition) is 6. The van der Waals surface area contributed by atoms with Crippen molar-refractivity contribution in [1.82, 2.24) is 0 Å². The van der Waals surface area contributed by atoms with Crippen molar-refractivity contribution >= 4 is 17.9 Å². The van der Waals surface area contributed by atoms with Crippen LogP contribution in [0.3, 0.4) is 0 Å². The Bertz CT molecular complexity index is 1110. The molecule has 0 spiro atoms. The molecular formula is C60H110O6. The Morgan fingerprint density at radius 3 is 0.924 bits per heavy atom. The van der Waals surface area contributed by atoms with Crippen LogP contribution in [0.2, 0.25) is 0 Å².